The third-order valence-corrected chi connectivity index (χ3v) is 6.96. The maximum absolute atomic E-state index is 12.8. The van der Waals surface area contributed by atoms with Crippen molar-refractivity contribution in [2.45, 2.75) is 16.7 Å². The van der Waals surface area contributed by atoms with Crippen molar-refractivity contribution in [2.75, 3.05) is 31.2 Å². The van der Waals surface area contributed by atoms with Gasteiger partial charge in [0.2, 0.25) is 15.9 Å². The second-order valence-electron chi connectivity index (χ2n) is 6.12. The van der Waals surface area contributed by atoms with Gasteiger partial charge in [-0.3, -0.25) is 9.52 Å². The molecule has 1 amide bonds. The Morgan fingerprint density at radius 3 is 2.14 bits per heavy atom. The van der Waals surface area contributed by atoms with E-state index in [1.165, 1.54) is 46.3 Å². The molecule has 0 spiro atoms. The summed E-state index contributed by atoms with van der Waals surface area (Å²) in [7, 11) is -4.05. The molecule has 0 saturated carbocycles. The average Bonchev–Trinajstić information content (AvgIpc) is 2.62. The number of amides is 1. The van der Waals surface area contributed by atoms with Crippen LogP contribution in [0.2, 0.25) is 0 Å². The van der Waals surface area contributed by atoms with Gasteiger partial charge in [-0.25, -0.2) is 21.1 Å². The third-order valence-electron chi connectivity index (χ3n) is 3.78. The molecule has 0 saturated heterocycles. The molecule has 2 aromatic rings. The van der Waals surface area contributed by atoms with Crippen LogP contribution in [0.5, 0.6) is 11.5 Å². The molecule has 0 aromatic heterocycles. The van der Waals surface area contributed by atoms with Crippen LogP contribution in [0.1, 0.15) is 6.92 Å². The van der Waals surface area contributed by atoms with E-state index in [1.54, 1.807) is 0 Å². The maximum atomic E-state index is 12.8. The van der Waals surface area contributed by atoms with E-state index in [4.69, 9.17) is 4.74 Å². The highest BCUT2D eigenvalue weighted by Gasteiger charge is 2.22. The van der Waals surface area contributed by atoms with Crippen molar-refractivity contribution in [1.82, 2.24) is 4.31 Å². The number of nitrogens with one attached hydrogen (secondary N) is 2. The van der Waals surface area contributed by atoms with Crippen LogP contribution in [-0.2, 0) is 24.8 Å². The first-order chi connectivity index (χ1) is 13.4. The van der Waals surface area contributed by atoms with Crippen LogP contribution in [0.25, 0.3) is 0 Å². The molecule has 0 aliphatic heterocycles. The lowest BCUT2D eigenvalue weighted by atomic mass is 10.3. The molecular weight excluding hydrogens is 422 g/mol. The van der Waals surface area contributed by atoms with E-state index >= 15 is 0 Å². The van der Waals surface area contributed by atoms with Crippen molar-refractivity contribution >= 4 is 37.3 Å². The van der Waals surface area contributed by atoms with Gasteiger partial charge in [-0.1, -0.05) is 0 Å². The topological polar surface area (TPSA) is 142 Å². The number of sulfonamides is 2. The summed E-state index contributed by atoms with van der Waals surface area (Å²) in [6.45, 7) is 1.26. The fraction of sp³-hybridized carbons (Fsp3) is 0.235. The first-order valence-corrected chi connectivity index (χ1v) is 11.0. The monoisotopic (exact) mass is 443 g/mol. The summed E-state index contributed by atoms with van der Waals surface area (Å²) in [5, 5.41) is 12.5. The van der Waals surface area contributed by atoms with Crippen molar-refractivity contribution in [1.29, 1.82) is 0 Å². The Balaban J connectivity index is 2.48. The first-order valence-electron chi connectivity index (χ1n) is 8.12. The number of ether oxygens (including phenoxy) is 1. The normalized spacial score (nSPS) is 11.9. The van der Waals surface area contributed by atoms with Gasteiger partial charge in [0.15, 0.2) is 0 Å². The number of carbonyl (C=O) groups excluding carboxylic acids is 1. The molecule has 12 heteroatoms. The predicted octanol–water partition coefficient (Wildman–Crippen LogP) is 1.41. The van der Waals surface area contributed by atoms with Crippen LogP contribution in [0.4, 0.5) is 11.4 Å². The van der Waals surface area contributed by atoms with Crippen LogP contribution in [0.15, 0.2) is 46.2 Å². The van der Waals surface area contributed by atoms with E-state index < -0.39 is 31.7 Å². The van der Waals surface area contributed by atoms with E-state index in [2.05, 4.69) is 10.0 Å². The highest BCUT2D eigenvalue weighted by Crippen LogP contribution is 2.32. The van der Waals surface area contributed by atoms with Crippen LogP contribution in [0, 0.1) is 0 Å². The average molecular weight is 444 g/mol. The number of benzene rings is 2. The molecule has 0 heterocycles. The predicted molar refractivity (Wildman–Crippen MR) is 107 cm³/mol. The number of hydrogen-bond donors (Lipinski definition) is 3. The molecule has 0 bridgehead atoms. The Morgan fingerprint density at radius 1 is 1.00 bits per heavy atom. The standard InChI is InChI=1S/C17H21N3O7S2/c1-11(21)18-15-9-12(6-8-17(15)27-4)28(23,24)19-14-10-13(5-7-16(14)22)29(25,26)20(2)3/h5-10,19,22H,1-4H3,(H,18,21). The molecule has 10 nitrogen and oxygen atoms in total. The second kappa shape index (κ2) is 8.27. The van der Waals surface area contributed by atoms with E-state index in [0.717, 1.165) is 22.5 Å². The van der Waals surface area contributed by atoms with Gasteiger partial charge in [-0.15, -0.1) is 0 Å². The van der Waals surface area contributed by atoms with Crippen molar-refractivity contribution < 1.29 is 31.5 Å². The summed E-state index contributed by atoms with van der Waals surface area (Å²) in [4.78, 5) is 10.9. The van der Waals surface area contributed by atoms with Crippen molar-refractivity contribution in [2.24, 2.45) is 0 Å². The van der Waals surface area contributed by atoms with Crippen LogP contribution < -0.4 is 14.8 Å². The van der Waals surface area contributed by atoms with Crippen LogP contribution in [-0.4, -0.2) is 53.4 Å². The molecule has 158 valence electrons. The van der Waals surface area contributed by atoms with Crippen molar-refractivity contribution in [3.63, 3.8) is 0 Å². The van der Waals surface area contributed by atoms with Gasteiger partial charge in [0.25, 0.3) is 10.0 Å². The fourth-order valence-electron chi connectivity index (χ4n) is 2.31. The largest absolute Gasteiger partial charge is 0.506 e. The number of methoxy groups -OCH3 is 1. The lowest BCUT2D eigenvalue weighted by molar-refractivity contribution is -0.114. The maximum Gasteiger partial charge on any atom is 0.262 e. The highest BCUT2D eigenvalue weighted by molar-refractivity contribution is 7.92. The molecular formula is C17H21N3O7S2. The van der Waals surface area contributed by atoms with Gasteiger partial charge >= 0.3 is 0 Å². The Kier molecular flexibility index (Phi) is 6.40. The molecule has 0 unspecified atom stereocenters. The summed E-state index contributed by atoms with van der Waals surface area (Å²) in [5.74, 6) is -0.631. The number of aromatic hydroxyl groups is 1. The molecule has 29 heavy (non-hydrogen) atoms. The molecule has 0 fully saturated rings. The number of phenols is 1. The summed E-state index contributed by atoms with van der Waals surface area (Å²) in [6, 6.07) is 7.02. The van der Waals surface area contributed by atoms with Crippen LogP contribution in [0.3, 0.4) is 0 Å². The zero-order valence-electron chi connectivity index (χ0n) is 16.1. The molecule has 0 radical (unpaired) electrons. The van der Waals surface area contributed by atoms with Gasteiger partial charge in [-0.2, -0.15) is 0 Å². The lowest BCUT2D eigenvalue weighted by Gasteiger charge is -2.15. The van der Waals surface area contributed by atoms with E-state index in [9.17, 15) is 26.7 Å². The second-order valence-corrected chi connectivity index (χ2v) is 9.95. The van der Waals surface area contributed by atoms with Crippen molar-refractivity contribution in [3.8, 4) is 11.5 Å². The van der Waals surface area contributed by atoms with Gasteiger partial charge < -0.3 is 15.2 Å². The van der Waals surface area contributed by atoms with Crippen LogP contribution >= 0.6 is 0 Å². The number of carbonyl (C=O) groups is 1. The van der Waals surface area contributed by atoms with Gasteiger partial charge in [0, 0.05) is 21.0 Å². The summed E-state index contributed by atoms with van der Waals surface area (Å²) in [5.41, 5.74) is -0.180. The van der Waals surface area contributed by atoms with E-state index in [0.29, 0.717) is 0 Å². The van der Waals surface area contributed by atoms with Gasteiger partial charge in [-0.05, 0) is 36.4 Å². The van der Waals surface area contributed by atoms with Gasteiger partial charge in [0.05, 0.1) is 28.3 Å². The fourth-order valence-corrected chi connectivity index (χ4v) is 4.33. The van der Waals surface area contributed by atoms with E-state index in [-0.39, 0.29) is 26.9 Å². The quantitative estimate of drug-likeness (QED) is 0.549. The third kappa shape index (κ3) is 4.96. The summed E-state index contributed by atoms with van der Waals surface area (Å²) < 4.78 is 58.2. The minimum Gasteiger partial charge on any atom is -0.506 e. The van der Waals surface area contributed by atoms with E-state index in [1.807, 2.05) is 0 Å². The number of phenolic OH excluding ortho intramolecular Hbond substituents is 1. The number of nitrogens with zero attached hydrogens (tertiary/aromatic N) is 1. The van der Waals surface area contributed by atoms with Crippen molar-refractivity contribution in [3.05, 3.63) is 36.4 Å². The number of anilines is 2. The zero-order chi connectivity index (χ0) is 22.0. The zero-order valence-corrected chi connectivity index (χ0v) is 17.8. The summed E-state index contributed by atoms with van der Waals surface area (Å²) in [6.07, 6.45) is 0. The molecule has 0 aliphatic carbocycles. The Morgan fingerprint density at radius 2 is 1.59 bits per heavy atom. The molecule has 2 rings (SSSR count). The minimum absolute atomic E-state index is 0.135. The molecule has 0 aliphatic rings. The minimum atomic E-state index is -4.23. The smallest absolute Gasteiger partial charge is 0.262 e. The molecule has 0 atom stereocenters. The number of rotatable bonds is 7. The lowest BCUT2D eigenvalue weighted by Crippen LogP contribution is -2.22. The Hall–Kier alpha value is -2.83. The summed E-state index contributed by atoms with van der Waals surface area (Å²) >= 11 is 0. The molecule has 3 N–H and O–H groups in total. The molecule has 2 aromatic carbocycles. The SMILES string of the molecule is COc1ccc(S(=O)(=O)Nc2cc(S(=O)(=O)N(C)C)ccc2O)cc1NC(C)=O. The Bertz CT molecular complexity index is 1140. The Labute approximate surface area is 169 Å². The van der Waals surface area contributed by atoms with Gasteiger partial charge in [0.1, 0.15) is 11.5 Å². The highest BCUT2D eigenvalue weighted by atomic mass is 32.2. The number of hydrogen-bond acceptors (Lipinski definition) is 7. The first kappa shape index (κ1) is 22.5.